The van der Waals surface area contributed by atoms with Gasteiger partial charge >= 0.3 is 0 Å². The molecule has 0 amide bonds. The molecule has 1 aromatic carbocycles. The zero-order valence-corrected chi connectivity index (χ0v) is 16.7. The number of aromatic nitrogens is 2. The highest BCUT2D eigenvalue weighted by molar-refractivity contribution is 5.50. The molecular formula is C22H31N5O. The van der Waals surface area contributed by atoms with E-state index in [4.69, 9.17) is 0 Å². The fourth-order valence-corrected chi connectivity index (χ4v) is 4.38. The first-order chi connectivity index (χ1) is 13.7. The first-order valence-electron chi connectivity index (χ1n) is 10.5. The van der Waals surface area contributed by atoms with E-state index in [1.54, 1.807) is 6.33 Å². The maximum atomic E-state index is 9.57. The lowest BCUT2D eigenvalue weighted by molar-refractivity contribution is 0.211. The summed E-state index contributed by atoms with van der Waals surface area (Å²) in [5.74, 6) is 1.82. The molecule has 2 saturated heterocycles. The highest BCUT2D eigenvalue weighted by Crippen LogP contribution is 2.25. The van der Waals surface area contributed by atoms with Gasteiger partial charge in [0.05, 0.1) is 12.6 Å². The Morgan fingerprint density at radius 3 is 2.71 bits per heavy atom. The van der Waals surface area contributed by atoms with Crippen molar-refractivity contribution in [1.82, 2.24) is 14.9 Å². The molecule has 6 heteroatoms. The number of hydrogen-bond acceptors (Lipinski definition) is 6. The van der Waals surface area contributed by atoms with Crippen molar-refractivity contribution in [2.45, 2.75) is 51.2 Å². The van der Waals surface area contributed by atoms with Crippen LogP contribution in [0, 0.1) is 6.92 Å². The van der Waals surface area contributed by atoms with Gasteiger partial charge in [0.2, 0.25) is 0 Å². The largest absolute Gasteiger partial charge is 0.394 e. The smallest absolute Gasteiger partial charge is 0.134 e. The molecule has 2 N–H and O–H groups in total. The Labute approximate surface area is 167 Å². The van der Waals surface area contributed by atoms with Crippen molar-refractivity contribution in [3.63, 3.8) is 0 Å². The molecule has 1 atom stereocenters. The molecule has 2 aliphatic rings. The summed E-state index contributed by atoms with van der Waals surface area (Å²) >= 11 is 0. The van der Waals surface area contributed by atoms with Gasteiger partial charge in [-0.15, -0.1) is 0 Å². The first-order valence-corrected chi connectivity index (χ1v) is 10.5. The van der Waals surface area contributed by atoms with Gasteiger partial charge in [0.25, 0.3) is 0 Å². The average Bonchev–Trinajstić information content (AvgIpc) is 3.20. The molecule has 0 aliphatic carbocycles. The lowest BCUT2D eigenvalue weighted by Crippen LogP contribution is -2.39. The van der Waals surface area contributed by atoms with Crippen LogP contribution in [0.3, 0.4) is 0 Å². The maximum absolute atomic E-state index is 9.57. The number of aliphatic hydroxyl groups excluding tert-OH is 1. The Balaban J connectivity index is 1.31. The number of nitrogens with zero attached hydrogens (tertiary/aromatic N) is 4. The monoisotopic (exact) mass is 381 g/mol. The number of nitrogens with one attached hydrogen (secondary N) is 1. The van der Waals surface area contributed by atoms with E-state index in [9.17, 15) is 5.11 Å². The van der Waals surface area contributed by atoms with Crippen molar-refractivity contribution in [3.8, 4) is 0 Å². The standard InChI is InChI=1S/C22H31N5O/c1-17-5-2-3-6-18(17)14-26-11-8-19(9-12-26)25-21-13-22(24-16-23-21)27-10-4-7-20(27)15-28/h2-3,5-6,13,16,19-20,28H,4,7-12,14-15H2,1H3,(H,23,24,25). The summed E-state index contributed by atoms with van der Waals surface area (Å²) in [6.45, 7) is 6.57. The van der Waals surface area contributed by atoms with Crippen LogP contribution < -0.4 is 10.2 Å². The second-order valence-corrected chi connectivity index (χ2v) is 8.05. The molecule has 28 heavy (non-hydrogen) atoms. The van der Waals surface area contributed by atoms with Gasteiger partial charge in [-0.05, 0) is 43.7 Å². The van der Waals surface area contributed by atoms with Crippen molar-refractivity contribution < 1.29 is 5.11 Å². The molecule has 1 unspecified atom stereocenters. The summed E-state index contributed by atoms with van der Waals surface area (Å²) in [7, 11) is 0. The van der Waals surface area contributed by atoms with Gasteiger partial charge in [-0.25, -0.2) is 9.97 Å². The Kier molecular flexibility index (Phi) is 6.07. The highest BCUT2D eigenvalue weighted by atomic mass is 16.3. The average molecular weight is 382 g/mol. The van der Waals surface area contributed by atoms with Crippen LogP contribution in [-0.4, -0.2) is 58.3 Å². The molecule has 0 spiro atoms. The van der Waals surface area contributed by atoms with Crippen LogP contribution in [-0.2, 0) is 6.54 Å². The van der Waals surface area contributed by atoms with Crippen LogP contribution in [0.15, 0.2) is 36.7 Å². The number of anilines is 2. The van der Waals surface area contributed by atoms with E-state index >= 15 is 0 Å². The molecular weight excluding hydrogens is 350 g/mol. The lowest BCUT2D eigenvalue weighted by Gasteiger charge is -2.33. The van der Waals surface area contributed by atoms with Gasteiger partial charge < -0.3 is 15.3 Å². The molecule has 0 bridgehead atoms. The Hall–Kier alpha value is -2.18. The topological polar surface area (TPSA) is 64.5 Å². The van der Waals surface area contributed by atoms with Crippen molar-refractivity contribution in [1.29, 1.82) is 0 Å². The van der Waals surface area contributed by atoms with Gasteiger partial charge in [-0.2, -0.15) is 0 Å². The zero-order valence-electron chi connectivity index (χ0n) is 16.7. The van der Waals surface area contributed by atoms with E-state index in [-0.39, 0.29) is 12.6 Å². The first kappa shape index (κ1) is 19.2. The number of hydrogen-bond donors (Lipinski definition) is 2. The Morgan fingerprint density at radius 1 is 1.11 bits per heavy atom. The van der Waals surface area contributed by atoms with E-state index in [1.165, 1.54) is 11.1 Å². The molecule has 2 fully saturated rings. The molecule has 3 heterocycles. The molecule has 0 saturated carbocycles. The summed E-state index contributed by atoms with van der Waals surface area (Å²) in [6, 6.07) is 11.3. The number of piperidine rings is 1. The predicted octanol–water partition coefficient (Wildman–Crippen LogP) is 2.82. The van der Waals surface area contributed by atoms with Crippen LogP contribution in [0.1, 0.15) is 36.8 Å². The van der Waals surface area contributed by atoms with Crippen molar-refractivity contribution in [3.05, 3.63) is 47.8 Å². The third-order valence-electron chi connectivity index (χ3n) is 6.13. The van der Waals surface area contributed by atoms with Crippen LogP contribution in [0.25, 0.3) is 0 Å². The quantitative estimate of drug-likeness (QED) is 0.802. The number of benzene rings is 1. The maximum Gasteiger partial charge on any atom is 0.134 e. The van der Waals surface area contributed by atoms with Crippen molar-refractivity contribution >= 4 is 11.6 Å². The van der Waals surface area contributed by atoms with Crippen molar-refractivity contribution in [2.75, 3.05) is 36.5 Å². The number of likely N-dealkylation sites (tertiary alicyclic amines) is 1. The van der Waals surface area contributed by atoms with Crippen LogP contribution in [0.5, 0.6) is 0 Å². The Morgan fingerprint density at radius 2 is 1.93 bits per heavy atom. The highest BCUT2D eigenvalue weighted by Gasteiger charge is 2.25. The second-order valence-electron chi connectivity index (χ2n) is 8.05. The molecule has 2 aromatic rings. The summed E-state index contributed by atoms with van der Waals surface area (Å²) in [4.78, 5) is 13.6. The third-order valence-corrected chi connectivity index (χ3v) is 6.13. The summed E-state index contributed by atoms with van der Waals surface area (Å²) < 4.78 is 0. The fraction of sp³-hybridized carbons (Fsp3) is 0.545. The van der Waals surface area contributed by atoms with Crippen LogP contribution in [0.2, 0.25) is 0 Å². The fourth-order valence-electron chi connectivity index (χ4n) is 4.38. The Bertz CT molecular complexity index is 775. The number of aryl methyl sites for hydroxylation is 1. The molecule has 150 valence electrons. The summed E-state index contributed by atoms with van der Waals surface area (Å²) in [5, 5.41) is 13.2. The minimum atomic E-state index is 0.187. The van der Waals surface area contributed by atoms with Gasteiger partial charge in [-0.1, -0.05) is 24.3 Å². The third kappa shape index (κ3) is 4.45. The minimum absolute atomic E-state index is 0.187. The van der Waals surface area contributed by atoms with E-state index in [0.29, 0.717) is 6.04 Å². The van der Waals surface area contributed by atoms with E-state index in [2.05, 4.69) is 56.3 Å². The van der Waals surface area contributed by atoms with Gasteiger partial charge in [0, 0.05) is 38.3 Å². The molecule has 6 nitrogen and oxygen atoms in total. The number of aliphatic hydroxyl groups is 1. The van der Waals surface area contributed by atoms with E-state index in [1.807, 2.05) is 6.07 Å². The summed E-state index contributed by atoms with van der Waals surface area (Å²) in [5.41, 5.74) is 2.80. The zero-order chi connectivity index (χ0) is 19.3. The van der Waals surface area contributed by atoms with E-state index < -0.39 is 0 Å². The van der Waals surface area contributed by atoms with E-state index in [0.717, 1.165) is 63.5 Å². The minimum Gasteiger partial charge on any atom is -0.394 e. The summed E-state index contributed by atoms with van der Waals surface area (Å²) in [6.07, 6.45) is 6.01. The molecule has 1 aromatic heterocycles. The van der Waals surface area contributed by atoms with Gasteiger partial charge in [0.15, 0.2) is 0 Å². The van der Waals surface area contributed by atoms with Crippen LogP contribution >= 0.6 is 0 Å². The van der Waals surface area contributed by atoms with Crippen LogP contribution in [0.4, 0.5) is 11.6 Å². The molecule has 0 radical (unpaired) electrons. The normalized spacial score (nSPS) is 21.2. The SMILES string of the molecule is Cc1ccccc1CN1CCC(Nc2cc(N3CCCC3CO)ncn2)CC1. The second kappa shape index (κ2) is 8.88. The van der Waals surface area contributed by atoms with Gasteiger partial charge in [-0.3, -0.25) is 4.90 Å². The lowest BCUT2D eigenvalue weighted by atomic mass is 10.0. The molecule has 2 aliphatic heterocycles. The van der Waals surface area contributed by atoms with Crippen molar-refractivity contribution in [2.24, 2.45) is 0 Å². The molecule has 4 rings (SSSR count). The number of rotatable bonds is 6. The predicted molar refractivity (Wildman–Crippen MR) is 113 cm³/mol. The van der Waals surface area contributed by atoms with Gasteiger partial charge in [0.1, 0.15) is 18.0 Å².